The lowest BCUT2D eigenvalue weighted by Crippen LogP contribution is -2.25. The normalized spacial score (nSPS) is 20.8. The lowest BCUT2D eigenvalue weighted by molar-refractivity contribution is 0.849. The first-order valence-electron chi connectivity index (χ1n) is 7.42. The summed E-state index contributed by atoms with van der Waals surface area (Å²) in [5.41, 5.74) is 2.59. The van der Waals surface area contributed by atoms with Crippen molar-refractivity contribution in [2.24, 2.45) is 4.99 Å². The maximum Gasteiger partial charge on any atom is 0.0988 e. The van der Waals surface area contributed by atoms with E-state index in [1.54, 1.807) is 0 Å². The van der Waals surface area contributed by atoms with Gasteiger partial charge in [0.15, 0.2) is 0 Å². The van der Waals surface area contributed by atoms with E-state index >= 15 is 0 Å². The summed E-state index contributed by atoms with van der Waals surface area (Å²) in [6.07, 6.45) is 2.23. The maximum absolute atomic E-state index is 4.78. The van der Waals surface area contributed by atoms with E-state index in [0.29, 0.717) is 5.37 Å². The van der Waals surface area contributed by atoms with Crippen molar-refractivity contribution in [1.29, 1.82) is 0 Å². The zero-order valence-electron chi connectivity index (χ0n) is 12.0. The predicted molar refractivity (Wildman–Crippen MR) is 91.6 cm³/mol. The monoisotopic (exact) mass is 296 g/mol. The van der Waals surface area contributed by atoms with Crippen LogP contribution >= 0.6 is 11.8 Å². The lowest BCUT2D eigenvalue weighted by atomic mass is 10.2. The first-order valence-corrected chi connectivity index (χ1v) is 8.47. The number of amidine groups is 1. The minimum absolute atomic E-state index is 0.322. The minimum atomic E-state index is 0.322. The van der Waals surface area contributed by atoms with Gasteiger partial charge < -0.3 is 5.32 Å². The van der Waals surface area contributed by atoms with Crippen molar-refractivity contribution in [3.63, 3.8) is 0 Å². The molecule has 1 fully saturated rings. The molecule has 0 spiro atoms. The number of nitrogens with zero attached hydrogens (tertiary/aromatic N) is 1. The molecule has 0 amide bonds. The molecule has 1 unspecified atom stereocenters. The van der Waals surface area contributed by atoms with E-state index in [4.69, 9.17) is 4.99 Å². The molecule has 2 nitrogen and oxygen atoms in total. The first-order chi connectivity index (χ1) is 10.4. The van der Waals surface area contributed by atoms with Gasteiger partial charge in [0.05, 0.1) is 17.8 Å². The minimum Gasteiger partial charge on any atom is -0.358 e. The summed E-state index contributed by atoms with van der Waals surface area (Å²) in [5, 5.41) is 3.94. The number of nitrogens with one attached hydrogen (secondary N) is 1. The van der Waals surface area contributed by atoms with Crippen LogP contribution < -0.4 is 5.32 Å². The van der Waals surface area contributed by atoms with Crippen LogP contribution in [0.1, 0.15) is 29.3 Å². The number of hydrogen-bond acceptors (Lipinski definition) is 2. The summed E-state index contributed by atoms with van der Waals surface area (Å²) < 4.78 is 0. The Morgan fingerprint density at radius 2 is 1.71 bits per heavy atom. The second kappa shape index (κ2) is 7.32. The summed E-state index contributed by atoms with van der Waals surface area (Å²) in [5.74, 6) is 2.31. The van der Waals surface area contributed by atoms with Crippen molar-refractivity contribution in [3.05, 3.63) is 71.8 Å². The average molecular weight is 296 g/mol. The van der Waals surface area contributed by atoms with E-state index in [0.717, 1.165) is 18.8 Å². The van der Waals surface area contributed by atoms with Crippen LogP contribution in [0.3, 0.4) is 0 Å². The fourth-order valence-corrected chi connectivity index (χ4v) is 3.52. The van der Waals surface area contributed by atoms with Gasteiger partial charge in [-0.05, 0) is 23.3 Å². The van der Waals surface area contributed by atoms with Gasteiger partial charge in [-0.1, -0.05) is 60.7 Å². The Kier molecular flexibility index (Phi) is 4.95. The van der Waals surface area contributed by atoms with Crippen molar-refractivity contribution < 1.29 is 0 Å². The van der Waals surface area contributed by atoms with Gasteiger partial charge in [0.25, 0.3) is 0 Å². The summed E-state index contributed by atoms with van der Waals surface area (Å²) in [7, 11) is 0. The van der Waals surface area contributed by atoms with E-state index < -0.39 is 0 Å². The van der Waals surface area contributed by atoms with Crippen LogP contribution in [0.15, 0.2) is 65.7 Å². The zero-order valence-corrected chi connectivity index (χ0v) is 12.9. The van der Waals surface area contributed by atoms with Gasteiger partial charge in [-0.3, -0.25) is 4.99 Å². The molecule has 0 radical (unpaired) electrons. The molecule has 21 heavy (non-hydrogen) atoms. The third-order valence-corrected chi connectivity index (χ3v) is 4.79. The maximum atomic E-state index is 4.78. The van der Waals surface area contributed by atoms with E-state index in [9.17, 15) is 0 Å². The number of benzene rings is 2. The number of hydrogen-bond donors (Lipinski definition) is 1. The lowest BCUT2D eigenvalue weighted by Gasteiger charge is -2.17. The van der Waals surface area contributed by atoms with E-state index in [1.807, 2.05) is 17.8 Å². The predicted octanol–water partition coefficient (Wildman–Crippen LogP) is 4.40. The highest BCUT2D eigenvalue weighted by Gasteiger charge is 2.16. The van der Waals surface area contributed by atoms with Gasteiger partial charge in [-0.15, -0.1) is 11.8 Å². The third-order valence-electron chi connectivity index (χ3n) is 3.54. The molecule has 1 atom stereocenters. The Hall–Kier alpha value is -1.74. The van der Waals surface area contributed by atoms with Crippen LogP contribution in [0.5, 0.6) is 0 Å². The van der Waals surface area contributed by atoms with Crippen LogP contribution in [-0.4, -0.2) is 11.6 Å². The van der Waals surface area contributed by atoms with Crippen LogP contribution in [0.4, 0.5) is 0 Å². The van der Waals surface area contributed by atoms with Gasteiger partial charge in [0, 0.05) is 6.42 Å². The molecule has 1 heterocycles. The molecule has 0 aromatic heterocycles. The SMILES string of the molecule is c1ccc(CN=C2CCCSC(c3ccccc3)N2)cc1. The molecule has 1 aliphatic heterocycles. The number of aliphatic imine (C=N–C) groups is 1. The molecule has 3 heteroatoms. The molecule has 3 rings (SSSR count). The Balaban J connectivity index is 1.70. The fourth-order valence-electron chi connectivity index (χ4n) is 2.41. The second-order valence-electron chi connectivity index (χ2n) is 5.16. The zero-order chi connectivity index (χ0) is 14.3. The van der Waals surface area contributed by atoms with Crippen LogP contribution in [0.25, 0.3) is 0 Å². The molecule has 0 saturated carbocycles. The fraction of sp³-hybridized carbons (Fsp3) is 0.278. The molecular formula is C18H20N2S. The van der Waals surface area contributed by atoms with Crippen molar-refractivity contribution >= 4 is 17.6 Å². The Morgan fingerprint density at radius 1 is 1.00 bits per heavy atom. The Labute approximate surface area is 130 Å². The van der Waals surface area contributed by atoms with Crippen LogP contribution in [-0.2, 0) is 6.54 Å². The molecule has 0 bridgehead atoms. The molecule has 108 valence electrons. The highest BCUT2D eigenvalue weighted by atomic mass is 32.2. The highest BCUT2D eigenvalue weighted by Crippen LogP contribution is 2.29. The molecule has 1 N–H and O–H groups in total. The topological polar surface area (TPSA) is 24.4 Å². The summed E-state index contributed by atoms with van der Waals surface area (Å²) in [6.45, 7) is 0.759. The summed E-state index contributed by atoms with van der Waals surface area (Å²) in [6, 6.07) is 21.1. The number of rotatable bonds is 3. The smallest absolute Gasteiger partial charge is 0.0988 e. The Morgan fingerprint density at radius 3 is 2.48 bits per heavy atom. The third kappa shape index (κ3) is 4.11. The number of thioether (sulfide) groups is 1. The van der Waals surface area contributed by atoms with Gasteiger partial charge in [0.2, 0.25) is 0 Å². The van der Waals surface area contributed by atoms with Crippen molar-refractivity contribution in [2.45, 2.75) is 24.8 Å². The molecule has 1 aliphatic rings. The Bertz CT molecular complexity index is 581. The van der Waals surface area contributed by atoms with E-state index in [2.05, 4.69) is 59.9 Å². The van der Waals surface area contributed by atoms with Gasteiger partial charge >= 0.3 is 0 Å². The molecule has 0 aliphatic carbocycles. The summed E-state index contributed by atoms with van der Waals surface area (Å²) in [4.78, 5) is 4.78. The summed E-state index contributed by atoms with van der Waals surface area (Å²) >= 11 is 1.97. The van der Waals surface area contributed by atoms with Gasteiger partial charge in [0.1, 0.15) is 0 Å². The van der Waals surface area contributed by atoms with Gasteiger partial charge in [-0.2, -0.15) is 0 Å². The molecule has 1 saturated heterocycles. The first kappa shape index (κ1) is 14.2. The average Bonchev–Trinajstić information content (AvgIpc) is 2.80. The second-order valence-corrected chi connectivity index (χ2v) is 6.37. The van der Waals surface area contributed by atoms with E-state index in [-0.39, 0.29) is 0 Å². The van der Waals surface area contributed by atoms with Gasteiger partial charge in [-0.25, -0.2) is 0 Å². The largest absolute Gasteiger partial charge is 0.358 e. The van der Waals surface area contributed by atoms with Crippen molar-refractivity contribution in [2.75, 3.05) is 5.75 Å². The van der Waals surface area contributed by atoms with Crippen LogP contribution in [0, 0.1) is 0 Å². The van der Waals surface area contributed by atoms with Crippen LogP contribution in [0.2, 0.25) is 0 Å². The van der Waals surface area contributed by atoms with Crippen molar-refractivity contribution in [3.8, 4) is 0 Å². The van der Waals surface area contributed by atoms with E-state index in [1.165, 1.54) is 23.3 Å². The standard InChI is InChI=1S/C18H20N2S/c1-3-8-15(9-4-1)14-19-17-12-7-13-21-18(20-17)16-10-5-2-6-11-16/h1-6,8-11,18H,7,12-14H2,(H,19,20). The molecular weight excluding hydrogens is 276 g/mol. The molecule has 2 aromatic rings. The quantitative estimate of drug-likeness (QED) is 0.908. The highest BCUT2D eigenvalue weighted by molar-refractivity contribution is 7.99. The molecule has 2 aromatic carbocycles. The van der Waals surface area contributed by atoms with Crippen molar-refractivity contribution in [1.82, 2.24) is 5.32 Å².